The van der Waals surface area contributed by atoms with Gasteiger partial charge in [0.15, 0.2) is 0 Å². The van der Waals surface area contributed by atoms with Gasteiger partial charge in [-0.15, -0.1) is 12.4 Å². The third kappa shape index (κ3) is 3.43. The predicted molar refractivity (Wildman–Crippen MR) is 69.8 cm³/mol. The summed E-state index contributed by atoms with van der Waals surface area (Å²) >= 11 is 0. The summed E-state index contributed by atoms with van der Waals surface area (Å²) in [6.45, 7) is 4.26. The molecule has 1 amide bonds. The number of anilines is 1. The van der Waals surface area contributed by atoms with Gasteiger partial charge in [0.05, 0.1) is 17.9 Å². The second-order valence-electron chi connectivity index (χ2n) is 4.59. The Balaban J connectivity index is 0.00000162. The first-order valence-electron chi connectivity index (χ1n) is 5.78. The smallest absolute Gasteiger partial charge is 0.241 e. The summed E-state index contributed by atoms with van der Waals surface area (Å²) in [5.41, 5.74) is 0.646. The number of alkyl halides is 1. The van der Waals surface area contributed by atoms with Crippen LogP contribution in [-0.2, 0) is 4.79 Å². The van der Waals surface area contributed by atoms with Gasteiger partial charge in [0, 0.05) is 25.2 Å². The van der Waals surface area contributed by atoms with Crippen LogP contribution in [0.2, 0.25) is 0 Å². The maximum Gasteiger partial charge on any atom is 0.241 e. The molecule has 1 saturated heterocycles. The van der Waals surface area contributed by atoms with Crippen LogP contribution in [0.5, 0.6) is 0 Å². The van der Waals surface area contributed by atoms with E-state index in [4.69, 9.17) is 0 Å². The van der Waals surface area contributed by atoms with Gasteiger partial charge in [-0.3, -0.25) is 9.48 Å². The van der Waals surface area contributed by atoms with Crippen LogP contribution >= 0.6 is 12.4 Å². The van der Waals surface area contributed by atoms with E-state index in [0.717, 1.165) is 0 Å². The van der Waals surface area contributed by atoms with Gasteiger partial charge in [-0.1, -0.05) is 0 Å². The first-order chi connectivity index (χ1) is 8.06. The molecule has 0 unspecified atom stereocenters. The Kier molecular flexibility index (Phi) is 5.10. The minimum absolute atomic E-state index is 0. The standard InChI is InChI=1S/C11H17FN4O.ClH/c1-7(2)16-6-9(5-14-16)15-11(17)10-3-8(12)4-13-10;/h5-8,10,13H,3-4H2,1-2H3,(H,15,17);1H/t8-,10+;/m1./s1. The molecular formula is C11H18ClFN4O. The fourth-order valence-corrected chi connectivity index (χ4v) is 1.81. The van der Waals surface area contributed by atoms with E-state index >= 15 is 0 Å². The van der Waals surface area contributed by atoms with E-state index in [9.17, 15) is 9.18 Å². The number of carbonyl (C=O) groups is 1. The normalized spacial score (nSPS) is 22.9. The van der Waals surface area contributed by atoms with E-state index in [1.807, 2.05) is 13.8 Å². The number of amides is 1. The van der Waals surface area contributed by atoms with Gasteiger partial charge in [-0.2, -0.15) is 5.10 Å². The summed E-state index contributed by atoms with van der Waals surface area (Å²) < 4.78 is 14.7. The van der Waals surface area contributed by atoms with E-state index in [1.54, 1.807) is 17.1 Å². The Morgan fingerprint density at radius 2 is 2.39 bits per heavy atom. The third-order valence-electron chi connectivity index (χ3n) is 2.79. The fourth-order valence-electron chi connectivity index (χ4n) is 1.81. The van der Waals surface area contributed by atoms with Crippen LogP contribution in [0.15, 0.2) is 12.4 Å². The molecule has 1 aliphatic heterocycles. The number of halogens is 2. The molecular weight excluding hydrogens is 259 g/mol. The largest absolute Gasteiger partial charge is 0.322 e. The zero-order valence-electron chi connectivity index (χ0n) is 10.4. The molecule has 102 valence electrons. The molecule has 1 aromatic heterocycles. The Labute approximate surface area is 112 Å². The number of hydrogen-bond acceptors (Lipinski definition) is 3. The van der Waals surface area contributed by atoms with Crippen LogP contribution < -0.4 is 10.6 Å². The van der Waals surface area contributed by atoms with Crippen molar-refractivity contribution in [1.82, 2.24) is 15.1 Å². The Bertz CT molecular complexity index is 410. The number of nitrogens with one attached hydrogen (secondary N) is 2. The van der Waals surface area contributed by atoms with Crippen LogP contribution in [0.4, 0.5) is 10.1 Å². The lowest BCUT2D eigenvalue weighted by molar-refractivity contribution is -0.117. The van der Waals surface area contributed by atoms with Gasteiger partial charge >= 0.3 is 0 Å². The molecule has 1 aromatic rings. The van der Waals surface area contributed by atoms with Gasteiger partial charge in [0.1, 0.15) is 6.17 Å². The minimum atomic E-state index is -0.927. The fraction of sp³-hybridized carbons (Fsp3) is 0.636. The molecule has 0 saturated carbocycles. The second kappa shape index (κ2) is 6.15. The lowest BCUT2D eigenvalue weighted by Gasteiger charge is -2.09. The number of aromatic nitrogens is 2. The molecule has 0 spiro atoms. The van der Waals surface area contributed by atoms with Gasteiger partial charge < -0.3 is 10.6 Å². The van der Waals surface area contributed by atoms with Gasteiger partial charge in [-0.05, 0) is 13.8 Å². The van der Waals surface area contributed by atoms with Crippen LogP contribution in [0.1, 0.15) is 26.3 Å². The van der Waals surface area contributed by atoms with E-state index in [0.29, 0.717) is 5.69 Å². The topological polar surface area (TPSA) is 59.0 Å². The van der Waals surface area contributed by atoms with Crippen LogP contribution in [-0.4, -0.2) is 34.4 Å². The minimum Gasteiger partial charge on any atom is -0.322 e. The Morgan fingerprint density at radius 3 is 2.89 bits per heavy atom. The van der Waals surface area contributed by atoms with E-state index < -0.39 is 12.2 Å². The third-order valence-corrected chi connectivity index (χ3v) is 2.79. The highest BCUT2D eigenvalue weighted by Gasteiger charge is 2.29. The highest BCUT2D eigenvalue weighted by atomic mass is 35.5. The zero-order valence-corrected chi connectivity index (χ0v) is 11.2. The number of nitrogens with zero attached hydrogens (tertiary/aromatic N) is 2. The molecule has 5 nitrogen and oxygen atoms in total. The lowest BCUT2D eigenvalue weighted by atomic mass is 10.2. The van der Waals surface area contributed by atoms with Gasteiger partial charge in [0.25, 0.3) is 0 Å². The van der Waals surface area contributed by atoms with Crippen molar-refractivity contribution in [2.24, 2.45) is 0 Å². The number of carbonyl (C=O) groups excluding carboxylic acids is 1. The van der Waals surface area contributed by atoms with Crippen molar-refractivity contribution in [3.05, 3.63) is 12.4 Å². The monoisotopic (exact) mass is 276 g/mol. The first kappa shape index (κ1) is 14.9. The molecule has 0 bridgehead atoms. The van der Waals surface area contributed by atoms with Gasteiger partial charge in [-0.25, -0.2) is 4.39 Å². The molecule has 7 heteroatoms. The summed E-state index contributed by atoms with van der Waals surface area (Å²) in [4.78, 5) is 11.8. The summed E-state index contributed by atoms with van der Waals surface area (Å²) in [5.74, 6) is -0.201. The van der Waals surface area contributed by atoms with Crippen molar-refractivity contribution in [2.45, 2.75) is 38.5 Å². The van der Waals surface area contributed by atoms with Crippen molar-refractivity contribution in [1.29, 1.82) is 0 Å². The average molecular weight is 277 g/mol. The molecule has 1 aliphatic rings. The molecule has 2 N–H and O–H groups in total. The Morgan fingerprint density at radius 1 is 1.67 bits per heavy atom. The van der Waals surface area contributed by atoms with Crippen molar-refractivity contribution in [3.63, 3.8) is 0 Å². The molecule has 2 heterocycles. The molecule has 18 heavy (non-hydrogen) atoms. The summed E-state index contributed by atoms with van der Waals surface area (Å²) in [5, 5.41) is 9.69. The second-order valence-corrected chi connectivity index (χ2v) is 4.59. The lowest BCUT2D eigenvalue weighted by Crippen LogP contribution is -2.35. The predicted octanol–water partition coefficient (Wildman–Crippen LogP) is 1.52. The molecule has 2 atom stereocenters. The van der Waals surface area contributed by atoms with Crippen molar-refractivity contribution < 1.29 is 9.18 Å². The summed E-state index contributed by atoms with van der Waals surface area (Å²) in [6, 6.07) is -0.187. The van der Waals surface area contributed by atoms with Crippen molar-refractivity contribution in [3.8, 4) is 0 Å². The Hall–Kier alpha value is -1.14. The highest BCUT2D eigenvalue weighted by Crippen LogP contribution is 2.14. The van der Waals surface area contributed by atoms with Crippen LogP contribution in [0, 0.1) is 0 Å². The average Bonchev–Trinajstić information content (AvgIpc) is 2.86. The SMILES string of the molecule is CC(C)n1cc(NC(=O)[C@@H]2C[C@@H](F)CN2)cn1.Cl. The van der Waals surface area contributed by atoms with Crippen LogP contribution in [0.3, 0.4) is 0 Å². The van der Waals surface area contributed by atoms with Gasteiger partial charge in [0.2, 0.25) is 5.91 Å². The van der Waals surface area contributed by atoms with E-state index in [2.05, 4.69) is 15.7 Å². The molecule has 0 radical (unpaired) electrons. The maximum absolute atomic E-state index is 12.9. The maximum atomic E-state index is 12.9. The highest BCUT2D eigenvalue weighted by molar-refractivity contribution is 5.94. The molecule has 0 aromatic carbocycles. The zero-order chi connectivity index (χ0) is 12.4. The van der Waals surface area contributed by atoms with Crippen LogP contribution in [0.25, 0.3) is 0 Å². The molecule has 1 fully saturated rings. The number of rotatable bonds is 3. The summed E-state index contributed by atoms with van der Waals surface area (Å²) in [7, 11) is 0. The summed E-state index contributed by atoms with van der Waals surface area (Å²) in [6.07, 6.45) is 2.68. The van der Waals surface area contributed by atoms with E-state index in [1.165, 1.54) is 0 Å². The molecule has 0 aliphatic carbocycles. The quantitative estimate of drug-likeness (QED) is 0.880. The first-order valence-corrected chi connectivity index (χ1v) is 5.78. The van der Waals surface area contributed by atoms with Crippen molar-refractivity contribution >= 4 is 24.0 Å². The molecule has 2 rings (SSSR count). The van der Waals surface area contributed by atoms with E-state index in [-0.39, 0.29) is 37.3 Å². The number of hydrogen-bond donors (Lipinski definition) is 2. The van der Waals surface area contributed by atoms with Crippen molar-refractivity contribution in [2.75, 3.05) is 11.9 Å².